The summed E-state index contributed by atoms with van der Waals surface area (Å²) in [4.78, 5) is 6.04. The van der Waals surface area contributed by atoms with E-state index in [-0.39, 0.29) is 5.54 Å². The first-order chi connectivity index (χ1) is 9.32. The summed E-state index contributed by atoms with van der Waals surface area (Å²) in [5.41, 5.74) is 9.64. The van der Waals surface area contributed by atoms with Crippen LogP contribution >= 0.6 is 11.3 Å². The molecular weight excluding hydrogens is 264 g/mol. The van der Waals surface area contributed by atoms with E-state index in [0.717, 1.165) is 17.1 Å². The third-order valence-corrected chi connectivity index (χ3v) is 4.85. The predicted molar refractivity (Wildman–Crippen MR) is 88.2 cm³/mol. The van der Waals surface area contributed by atoms with Crippen molar-refractivity contribution >= 4 is 11.3 Å². The van der Waals surface area contributed by atoms with E-state index >= 15 is 0 Å². The Bertz CT molecular complexity index is 574. The van der Waals surface area contributed by atoms with E-state index < -0.39 is 0 Å². The van der Waals surface area contributed by atoms with Crippen LogP contribution in [0.2, 0.25) is 0 Å². The fraction of sp³-hybridized carbons (Fsp3) is 0.471. The molecule has 0 aliphatic heterocycles. The molecule has 0 atom stereocenters. The SMILES string of the molecule is CCc1ccc(-c2nc(C(C)C)c(C(C)(C)N)s2)cc1. The normalized spacial score (nSPS) is 12.2. The Hall–Kier alpha value is -1.19. The molecule has 0 spiro atoms. The Morgan fingerprint density at radius 3 is 2.20 bits per heavy atom. The van der Waals surface area contributed by atoms with Crippen molar-refractivity contribution in [2.45, 2.75) is 52.5 Å². The molecule has 20 heavy (non-hydrogen) atoms. The van der Waals surface area contributed by atoms with Gasteiger partial charge < -0.3 is 5.73 Å². The highest BCUT2D eigenvalue weighted by atomic mass is 32.1. The van der Waals surface area contributed by atoms with Gasteiger partial charge in [-0.25, -0.2) is 4.98 Å². The Kier molecular flexibility index (Phi) is 4.31. The topological polar surface area (TPSA) is 38.9 Å². The largest absolute Gasteiger partial charge is 0.321 e. The molecule has 0 bridgehead atoms. The second-order valence-corrected chi connectivity index (χ2v) is 7.16. The summed E-state index contributed by atoms with van der Waals surface area (Å²) in [6.07, 6.45) is 1.07. The van der Waals surface area contributed by atoms with Gasteiger partial charge in [-0.2, -0.15) is 0 Å². The van der Waals surface area contributed by atoms with Gasteiger partial charge in [0.2, 0.25) is 0 Å². The van der Waals surface area contributed by atoms with Crippen LogP contribution in [0.3, 0.4) is 0 Å². The number of benzene rings is 1. The van der Waals surface area contributed by atoms with Crippen LogP contribution in [-0.2, 0) is 12.0 Å². The van der Waals surface area contributed by atoms with Crippen molar-refractivity contribution in [2.75, 3.05) is 0 Å². The lowest BCUT2D eigenvalue weighted by Gasteiger charge is -2.19. The lowest BCUT2D eigenvalue weighted by atomic mass is 9.98. The summed E-state index contributed by atoms with van der Waals surface area (Å²) in [6.45, 7) is 10.6. The summed E-state index contributed by atoms with van der Waals surface area (Å²) >= 11 is 1.73. The van der Waals surface area contributed by atoms with Gasteiger partial charge in [-0.3, -0.25) is 0 Å². The van der Waals surface area contributed by atoms with Gasteiger partial charge in [0.15, 0.2) is 0 Å². The van der Waals surface area contributed by atoms with Crippen LogP contribution in [0.5, 0.6) is 0 Å². The van der Waals surface area contributed by atoms with Crippen LogP contribution < -0.4 is 5.73 Å². The van der Waals surface area contributed by atoms with Crippen LogP contribution in [0.1, 0.15) is 56.7 Å². The second kappa shape index (κ2) is 5.66. The van der Waals surface area contributed by atoms with Gasteiger partial charge in [0.05, 0.1) is 5.69 Å². The first-order valence-corrected chi connectivity index (χ1v) is 8.04. The molecule has 2 rings (SSSR count). The minimum atomic E-state index is -0.334. The van der Waals surface area contributed by atoms with Crippen molar-refractivity contribution < 1.29 is 0 Å². The van der Waals surface area contributed by atoms with Crippen molar-refractivity contribution in [3.63, 3.8) is 0 Å². The molecule has 108 valence electrons. The maximum atomic E-state index is 6.30. The van der Waals surface area contributed by atoms with E-state index in [1.807, 2.05) is 0 Å². The number of aromatic nitrogens is 1. The number of nitrogens with two attached hydrogens (primary N) is 1. The fourth-order valence-corrected chi connectivity index (χ4v) is 3.43. The lowest BCUT2D eigenvalue weighted by molar-refractivity contribution is 0.553. The van der Waals surface area contributed by atoms with Crippen LogP contribution in [0, 0.1) is 0 Å². The van der Waals surface area contributed by atoms with Crippen LogP contribution in [-0.4, -0.2) is 4.98 Å². The Balaban J connectivity index is 2.47. The Labute approximate surface area is 126 Å². The first kappa shape index (κ1) is 15.2. The van der Waals surface area contributed by atoms with Gasteiger partial charge >= 0.3 is 0 Å². The molecule has 2 aromatic rings. The molecule has 0 amide bonds. The van der Waals surface area contributed by atoms with Crippen LogP contribution in [0.4, 0.5) is 0 Å². The summed E-state index contributed by atoms with van der Waals surface area (Å²) in [5.74, 6) is 0.396. The van der Waals surface area contributed by atoms with Gasteiger partial charge in [-0.15, -0.1) is 11.3 Å². The number of nitrogens with zero attached hydrogens (tertiary/aromatic N) is 1. The third kappa shape index (κ3) is 3.10. The first-order valence-electron chi connectivity index (χ1n) is 7.22. The van der Waals surface area contributed by atoms with Crippen molar-refractivity contribution in [2.24, 2.45) is 5.73 Å². The molecule has 0 unspecified atom stereocenters. The molecular formula is C17H24N2S. The molecule has 0 radical (unpaired) electrons. The minimum Gasteiger partial charge on any atom is -0.321 e. The zero-order valence-corrected chi connectivity index (χ0v) is 13.8. The molecule has 0 aliphatic carbocycles. The molecule has 0 saturated carbocycles. The number of thiazole rings is 1. The van der Waals surface area contributed by atoms with E-state index in [4.69, 9.17) is 10.7 Å². The molecule has 0 aliphatic rings. The summed E-state index contributed by atoms with van der Waals surface area (Å²) in [5, 5.41) is 1.07. The smallest absolute Gasteiger partial charge is 0.123 e. The number of hydrogen-bond donors (Lipinski definition) is 1. The van der Waals surface area contributed by atoms with Crippen LogP contribution in [0.15, 0.2) is 24.3 Å². The highest BCUT2D eigenvalue weighted by molar-refractivity contribution is 7.15. The van der Waals surface area contributed by atoms with E-state index in [0.29, 0.717) is 5.92 Å². The fourth-order valence-electron chi connectivity index (χ4n) is 2.19. The van der Waals surface area contributed by atoms with Gasteiger partial charge in [0.1, 0.15) is 5.01 Å². The van der Waals surface area contributed by atoms with Gasteiger partial charge in [0.25, 0.3) is 0 Å². The lowest BCUT2D eigenvalue weighted by Crippen LogP contribution is -2.28. The number of hydrogen-bond acceptors (Lipinski definition) is 3. The second-order valence-electron chi connectivity index (χ2n) is 6.16. The summed E-state index contributed by atoms with van der Waals surface area (Å²) < 4.78 is 0. The van der Waals surface area contributed by atoms with E-state index in [2.05, 4.69) is 58.9 Å². The average Bonchev–Trinajstić information content (AvgIpc) is 2.84. The standard InChI is InChI=1S/C17H24N2S/c1-6-12-7-9-13(10-8-12)16-19-14(11(2)3)15(20-16)17(4,5)18/h7-11H,6,18H2,1-5H3. The molecule has 1 aromatic heterocycles. The maximum Gasteiger partial charge on any atom is 0.123 e. The van der Waals surface area contributed by atoms with E-state index in [1.165, 1.54) is 16.0 Å². The molecule has 1 heterocycles. The number of aryl methyl sites for hydroxylation is 1. The van der Waals surface area contributed by atoms with Crippen LogP contribution in [0.25, 0.3) is 10.6 Å². The summed E-state index contributed by atoms with van der Waals surface area (Å²) in [7, 11) is 0. The van der Waals surface area contributed by atoms with Gasteiger partial charge in [-0.05, 0) is 31.7 Å². The van der Waals surface area contributed by atoms with E-state index in [1.54, 1.807) is 11.3 Å². The van der Waals surface area contributed by atoms with E-state index in [9.17, 15) is 0 Å². The minimum absolute atomic E-state index is 0.334. The maximum absolute atomic E-state index is 6.30. The van der Waals surface area contributed by atoms with Gasteiger partial charge in [-0.1, -0.05) is 45.0 Å². The zero-order valence-electron chi connectivity index (χ0n) is 13.0. The van der Waals surface area contributed by atoms with Crippen molar-refractivity contribution in [1.29, 1.82) is 0 Å². The molecule has 2 nitrogen and oxygen atoms in total. The summed E-state index contributed by atoms with van der Waals surface area (Å²) in [6, 6.07) is 8.68. The van der Waals surface area contributed by atoms with Gasteiger partial charge in [0, 0.05) is 16.0 Å². The average molecular weight is 288 g/mol. The third-order valence-electron chi connectivity index (χ3n) is 3.39. The molecule has 0 fully saturated rings. The molecule has 0 saturated heterocycles. The monoisotopic (exact) mass is 288 g/mol. The Morgan fingerprint density at radius 2 is 1.80 bits per heavy atom. The quantitative estimate of drug-likeness (QED) is 0.886. The number of rotatable bonds is 4. The predicted octanol–water partition coefficient (Wildman–Crippen LogP) is 4.69. The molecule has 2 N–H and O–H groups in total. The van der Waals surface area contributed by atoms with Crippen molar-refractivity contribution in [1.82, 2.24) is 4.98 Å². The molecule has 1 aromatic carbocycles. The highest BCUT2D eigenvalue weighted by Gasteiger charge is 2.25. The Morgan fingerprint density at radius 1 is 1.20 bits per heavy atom. The molecule has 3 heteroatoms. The zero-order chi connectivity index (χ0) is 14.9. The highest BCUT2D eigenvalue weighted by Crippen LogP contribution is 2.36. The van der Waals surface area contributed by atoms with Crippen molar-refractivity contribution in [3.8, 4) is 10.6 Å². The van der Waals surface area contributed by atoms with Crippen molar-refractivity contribution in [3.05, 3.63) is 40.4 Å².